The van der Waals surface area contributed by atoms with Gasteiger partial charge in [0.25, 0.3) is 0 Å². The number of aromatic nitrogens is 2. The van der Waals surface area contributed by atoms with Gasteiger partial charge in [-0.1, -0.05) is 12.8 Å². The maximum atomic E-state index is 12.1. The van der Waals surface area contributed by atoms with Crippen molar-refractivity contribution in [2.75, 3.05) is 13.2 Å². The Bertz CT molecular complexity index is 492. The zero-order valence-electron chi connectivity index (χ0n) is 11.0. The van der Waals surface area contributed by atoms with Crippen LogP contribution in [0.25, 0.3) is 0 Å². The van der Waals surface area contributed by atoms with E-state index in [1.807, 2.05) is 0 Å². The van der Waals surface area contributed by atoms with Gasteiger partial charge in [-0.15, -0.1) is 0 Å². The van der Waals surface area contributed by atoms with Crippen molar-refractivity contribution in [2.45, 2.75) is 43.5 Å². The number of aliphatic hydroxyl groups excluding tert-OH is 1. The lowest BCUT2D eigenvalue weighted by atomic mass is 10.1. The number of nitrogens with zero attached hydrogens (tertiary/aromatic N) is 2. The van der Waals surface area contributed by atoms with Crippen LogP contribution in [0.5, 0.6) is 0 Å². The van der Waals surface area contributed by atoms with Crippen LogP contribution in [0.15, 0.2) is 17.3 Å². The summed E-state index contributed by atoms with van der Waals surface area (Å²) in [7, 11) is -3.45. The topological polar surface area (TPSA) is 84.2 Å². The van der Waals surface area contributed by atoms with Gasteiger partial charge in [0, 0.05) is 25.9 Å². The maximum Gasteiger partial charge on any atom is 0.243 e. The second-order valence-corrected chi connectivity index (χ2v) is 6.79. The first kappa shape index (κ1) is 14.5. The molecule has 0 saturated heterocycles. The molecule has 1 aromatic rings. The minimum Gasteiger partial charge on any atom is -0.396 e. The largest absolute Gasteiger partial charge is 0.396 e. The molecule has 1 aliphatic rings. The number of hydrogen-bond acceptors (Lipinski definition) is 4. The third kappa shape index (κ3) is 4.02. The fourth-order valence-corrected chi connectivity index (χ4v) is 3.43. The van der Waals surface area contributed by atoms with Crippen molar-refractivity contribution >= 4 is 10.0 Å². The molecule has 1 fully saturated rings. The monoisotopic (exact) mass is 287 g/mol. The Morgan fingerprint density at radius 2 is 2.16 bits per heavy atom. The Labute approximate surface area is 113 Å². The predicted molar refractivity (Wildman–Crippen MR) is 71.1 cm³/mol. The van der Waals surface area contributed by atoms with E-state index in [2.05, 4.69) is 9.82 Å². The van der Waals surface area contributed by atoms with Crippen LogP contribution in [-0.4, -0.2) is 36.5 Å². The molecule has 0 atom stereocenters. The van der Waals surface area contributed by atoms with E-state index in [1.54, 1.807) is 4.68 Å². The standard InChI is InChI=1S/C12H21N3O3S/c16-7-3-6-15-10-12(9-13-15)19(17,18)14-8-11-4-1-2-5-11/h9-11,14,16H,1-8H2. The fraction of sp³-hybridized carbons (Fsp3) is 0.750. The highest BCUT2D eigenvalue weighted by molar-refractivity contribution is 7.89. The number of nitrogens with one attached hydrogen (secondary N) is 1. The minimum atomic E-state index is -3.45. The molecule has 0 amide bonds. The molecule has 1 aliphatic carbocycles. The Hall–Kier alpha value is -0.920. The first-order valence-electron chi connectivity index (χ1n) is 6.75. The number of sulfonamides is 1. The first-order chi connectivity index (χ1) is 9.12. The molecule has 6 nitrogen and oxygen atoms in total. The highest BCUT2D eigenvalue weighted by Crippen LogP contribution is 2.24. The molecule has 0 spiro atoms. The number of rotatable bonds is 7. The molecule has 2 rings (SSSR count). The summed E-state index contributed by atoms with van der Waals surface area (Å²) < 4.78 is 28.3. The van der Waals surface area contributed by atoms with Crippen molar-refractivity contribution in [2.24, 2.45) is 5.92 Å². The van der Waals surface area contributed by atoms with Crippen molar-refractivity contribution in [3.8, 4) is 0 Å². The van der Waals surface area contributed by atoms with Crippen molar-refractivity contribution in [1.29, 1.82) is 0 Å². The zero-order chi connectivity index (χ0) is 13.7. The molecule has 1 saturated carbocycles. The molecule has 0 radical (unpaired) electrons. The third-order valence-corrected chi connectivity index (χ3v) is 4.88. The van der Waals surface area contributed by atoms with Crippen LogP contribution in [-0.2, 0) is 16.6 Å². The average molecular weight is 287 g/mol. The van der Waals surface area contributed by atoms with Gasteiger partial charge in [-0.05, 0) is 25.2 Å². The lowest BCUT2D eigenvalue weighted by molar-refractivity contribution is 0.277. The Kier molecular flexibility index (Phi) is 4.95. The van der Waals surface area contributed by atoms with Gasteiger partial charge in [0.15, 0.2) is 0 Å². The average Bonchev–Trinajstić information content (AvgIpc) is 3.05. The van der Waals surface area contributed by atoms with Gasteiger partial charge in [0.05, 0.1) is 6.20 Å². The predicted octanol–water partition coefficient (Wildman–Crippen LogP) is 0.734. The summed E-state index contributed by atoms with van der Waals surface area (Å²) in [6.45, 7) is 1.11. The van der Waals surface area contributed by atoms with Gasteiger partial charge < -0.3 is 5.11 Å². The molecule has 1 heterocycles. The van der Waals surface area contributed by atoms with E-state index in [4.69, 9.17) is 5.11 Å². The normalized spacial score (nSPS) is 17.1. The van der Waals surface area contributed by atoms with Crippen molar-refractivity contribution in [3.05, 3.63) is 12.4 Å². The van der Waals surface area contributed by atoms with Gasteiger partial charge in [0.1, 0.15) is 4.90 Å². The SMILES string of the molecule is O=S(=O)(NCC1CCCC1)c1cnn(CCCO)c1. The molecular formula is C12H21N3O3S. The van der Waals surface area contributed by atoms with Crippen LogP contribution in [0.2, 0.25) is 0 Å². The quantitative estimate of drug-likeness (QED) is 0.774. The number of aryl methyl sites for hydroxylation is 1. The molecule has 108 valence electrons. The van der Waals surface area contributed by atoms with E-state index in [9.17, 15) is 8.42 Å². The summed E-state index contributed by atoms with van der Waals surface area (Å²) in [5, 5.41) is 12.7. The lowest BCUT2D eigenvalue weighted by Crippen LogP contribution is -2.28. The van der Waals surface area contributed by atoms with Crippen LogP contribution in [0.1, 0.15) is 32.1 Å². The van der Waals surface area contributed by atoms with Crippen molar-refractivity contribution < 1.29 is 13.5 Å². The molecular weight excluding hydrogens is 266 g/mol. The lowest BCUT2D eigenvalue weighted by Gasteiger charge is -2.09. The number of hydrogen-bond donors (Lipinski definition) is 2. The van der Waals surface area contributed by atoms with E-state index >= 15 is 0 Å². The highest BCUT2D eigenvalue weighted by atomic mass is 32.2. The van der Waals surface area contributed by atoms with Gasteiger partial charge in [-0.2, -0.15) is 5.10 Å². The van der Waals surface area contributed by atoms with Gasteiger partial charge in [-0.25, -0.2) is 13.1 Å². The van der Waals surface area contributed by atoms with Gasteiger partial charge in [-0.3, -0.25) is 4.68 Å². The molecule has 0 bridgehead atoms. The molecule has 7 heteroatoms. The molecule has 1 aromatic heterocycles. The smallest absolute Gasteiger partial charge is 0.243 e. The van der Waals surface area contributed by atoms with E-state index in [0.717, 1.165) is 12.8 Å². The van der Waals surface area contributed by atoms with E-state index < -0.39 is 10.0 Å². The minimum absolute atomic E-state index is 0.0713. The van der Waals surface area contributed by atoms with Crippen molar-refractivity contribution in [3.63, 3.8) is 0 Å². The van der Waals surface area contributed by atoms with Crippen LogP contribution < -0.4 is 4.72 Å². The molecule has 0 aromatic carbocycles. The second kappa shape index (κ2) is 6.49. The fourth-order valence-electron chi connectivity index (χ4n) is 2.36. The van der Waals surface area contributed by atoms with E-state index in [-0.39, 0.29) is 11.5 Å². The van der Waals surface area contributed by atoms with Gasteiger partial charge >= 0.3 is 0 Å². The Morgan fingerprint density at radius 1 is 1.42 bits per heavy atom. The van der Waals surface area contributed by atoms with E-state index in [1.165, 1.54) is 25.2 Å². The highest BCUT2D eigenvalue weighted by Gasteiger charge is 2.20. The Balaban J connectivity index is 1.92. The molecule has 0 aliphatic heterocycles. The molecule has 19 heavy (non-hydrogen) atoms. The Morgan fingerprint density at radius 3 is 2.84 bits per heavy atom. The van der Waals surface area contributed by atoms with Crippen LogP contribution in [0, 0.1) is 5.92 Å². The summed E-state index contributed by atoms with van der Waals surface area (Å²) in [6, 6.07) is 0. The first-order valence-corrected chi connectivity index (χ1v) is 8.23. The van der Waals surface area contributed by atoms with Gasteiger partial charge in [0.2, 0.25) is 10.0 Å². The second-order valence-electron chi connectivity index (χ2n) is 5.02. The maximum absolute atomic E-state index is 12.1. The summed E-state index contributed by atoms with van der Waals surface area (Å²) >= 11 is 0. The number of aliphatic hydroxyl groups is 1. The van der Waals surface area contributed by atoms with E-state index in [0.29, 0.717) is 25.4 Å². The van der Waals surface area contributed by atoms with Crippen LogP contribution in [0.4, 0.5) is 0 Å². The molecule has 0 unspecified atom stereocenters. The summed E-state index contributed by atoms with van der Waals surface area (Å²) in [4.78, 5) is 0.198. The summed E-state index contributed by atoms with van der Waals surface area (Å²) in [6.07, 6.45) is 8.05. The third-order valence-electron chi connectivity index (χ3n) is 3.50. The van der Waals surface area contributed by atoms with Crippen LogP contribution in [0.3, 0.4) is 0 Å². The zero-order valence-corrected chi connectivity index (χ0v) is 11.8. The van der Waals surface area contributed by atoms with Crippen LogP contribution >= 0.6 is 0 Å². The summed E-state index contributed by atoms with van der Waals surface area (Å²) in [5.41, 5.74) is 0. The van der Waals surface area contributed by atoms with Crippen molar-refractivity contribution in [1.82, 2.24) is 14.5 Å². The molecule has 2 N–H and O–H groups in total. The summed E-state index contributed by atoms with van der Waals surface area (Å²) in [5.74, 6) is 0.471.